The van der Waals surface area contributed by atoms with E-state index in [0.717, 1.165) is 35.1 Å². The number of hydrogen-bond acceptors (Lipinski definition) is 4. The van der Waals surface area contributed by atoms with Crippen LogP contribution in [0.4, 0.5) is 0 Å². The fraction of sp³-hybridized carbons (Fsp3) is 0.400. The number of aromatic nitrogens is 1. The van der Waals surface area contributed by atoms with Gasteiger partial charge in [-0.2, -0.15) is 0 Å². The van der Waals surface area contributed by atoms with E-state index in [1.54, 1.807) is 13.3 Å². The van der Waals surface area contributed by atoms with Crippen LogP contribution in [0.2, 0.25) is 0 Å². The summed E-state index contributed by atoms with van der Waals surface area (Å²) in [7, 11) is 1.67. The Hall–Kier alpha value is -1.87. The number of rotatable bonds is 9. The highest BCUT2D eigenvalue weighted by Gasteiger charge is 2.05. The molecule has 0 atom stereocenters. The number of benzene rings is 1. The van der Waals surface area contributed by atoms with Crippen molar-refractivity contribution in [2.75, 3.05) is 26.9 Å². The molecule has 0 saturated heterocycles. The van der Waals surface area contributed by atoms with Crippen LogP contribution in [0.15, 0.2) is 47.6 Å². The summed E-state index contributed by atoms with van der Waals surface area (Å²) in [6.45, 7) is 7.12. The molecule has 0 aliphatic heterocycles. The van der Waals surface area contributed by atoms with E-state index in [2.05, 4.69) is 39.7 Å². The quantitative estimate of drug-likeness (QED) is 0.248. The van der Waals surface area contributed by atoms with Crippen LogP contribution < -0.4 is 15.4 Å². The number of halogens is 1. The molecule has 6 nitrogen and oxygen atoms in total. The molecule has 0 saturated carbocycles. The zero-order valence-electron chi connectivity index (χ0n) is 16.2. The molecule has 0 bridgehead atoms. The molecule has 27 heavy (non-hydrogen) atoms. The van der Waals surface area contributed by atoms with E-state index in [9.17, 15) is 0 Å². The lowest BCUT2D eigenvalue weighted by atomic mass is 10.1. The SMILES string of the molecule is CCNC(=NCc1ccc(C)cc1OCCOC)NCc1ccccn1.I. The van der Waals surface area contributed by atoms with Gasteiger partial charge in [0.15, 0.2) is 5.96 Å². The van der Waals surface area contributed by atoms with Crippen molar-refractivity contribution in [2.45, 2.75) is 26.9 Å². The number of guanidine groups is 1. The van der Waals surface area contributed by atoms with Crippen LogP contribution in [0, 0.1) is 6.92 Å². The van der Waals surface area contributed by atoms with Crippen molar-refractivity contribution >= 4 is 29.9 Å². The average Bonchev–Trinajstić information content (AvgIpc) is 2.66. The lowest BCUT2D eigenvalue weighted by molar-refractivity contribution is 0.145. The lowest BCUT2D eigenvalue weighted by Crippen LogP contribution is -2.37. The lowest BCUT2D eigenvalue weighted by Gasteiger charge is -2.13. The monoisotopic (exact) mass is 484 g/mol. The number of hydrogen-bond donors (Lipinski definition) is 2. The van der Waals surface area contributed by atoms with E-state index < -0.39 is 0 Å². The topological polar surface area (TPSA) is 67.8 Å². The highest BCUT2D eigenvalue weighted by Crippen LogP contribution is 2.21. The van der Waals surface area contributed by atoms with Crippen molar-refractivity contribution in [3.63, 3.8) is 0 Å². The summed E-state index contributed by atoms with van der Waals surface area (Å²) in [5, 5.41) is 6.56. The van der Waals surface area contributed by atoms with Gasteiger partial charge in [-0.25, -0.2) is 4.99 Å². The third-order valence-electron chi connectivity index (χ3n) is 3.68. The molecule has 0 spiro atoms. The first-order valence-electron chi connectivity index (χ1n) is 8.86. The average molecular weight is 484 g/mol. The second kappa shape index (κ2) is 13.3. The van der Waals surface area contributed by atoms with Crippen LogP contribution in [0.5, 0.6) is 5.75 Å². The Morgan fingerprint density at radius 2 is 2.00 bits per heavy atom. The van der Waals surface area contributed by atoms with Crippen molar-refractivity contribution in [1.29, 1.82) is 0 Å². The highest BCUT2D eigenvalue weighted by atomic mass is 127. The zero-order chi connectivity index (χ0) is 18.6. The molecular formula is C20H29IN4O2. The van der Waals surface area contributed by atoms with Crippen LogP contribution in [0.25, 0.3) is 0 Å². The van der Waals surface area contributed by atoms with Gasteiger partial charge in [-0.15, -0.1) is 24.0 Å². The van der Waals surface area contributed by atoms with E-state index in [4.69, 9.17) is 9.47 Å². The number of ether oxygens (including phenoxy) is 2. The molecule has 1 aromatic heterocycles. The van der Waals surface area contributed by atoms with E-state index in [1.807, 2.05) is 31.2 Å². The molecule has 2 rings (SSSR count). The van der Waals surface area contributed by atoms with Gasteiger partial charge >= 0.3 is 0 Å². The normalized spacial score (nSPS) is 10.9. The van der Waals surface area contributed by atoms with Gasteiger partial charge in [0.25, 0.3) is 0 Å². The smallest absolute Gasteiger partial charge is 0.191 e. The number of methoxy groups -OCH3 is 1. The van der Waals surface area contributed by atoms with Crippen LogP contribution in [0.1, 0.15) is 23.7 Å². The number of aryl methyl sites for hydroxylation is 1. The van der Waals surface area contributed by atoms with Crippen LogP contribution in [0.3, 0.4) is 0 Å². The highest BCUT2D eigenvalue weighted by molar-refractivity contribution is 14.0. The maximum absolute atomic E-state index is 5.83. The standard InChI is InChI=1S/C20H28N4O2.HI/c1-4-21-20(24-15-18-7-5-6-10-22-18)23-14-17-9-8-16(2)13-19(17)26-12-11-25-3;/h5-10,13H,4,11-12,14-15H2,1-3H3,(H2,21,23,24);1H. The van der Waals surface area contributed by atoms with E-state index in [0.29, 0.717) is 26.3 Å². The minimum atomic E-state index is 0. The maximum Gasteiger partial charge on any atom is 0.191 e. The molecule has 1 heterocycles. The number of aliphatic imine (C=N–C) groups is 1. The Labute approximate surface area is 178 Å². The number of pyridine rings is 1. The predicted molar refractivity (Wildman–Crippen MR) is 120 cm³/mol. The fourth-order valence-electron chi connectivity index (χ4n) is 2.34. The molecular weight excluding hydrogens is 455 g/mol. The molecule has 7 heteroatoms. The van der Waals surface area contributed by atoms with Crippen molar-refractivity contribution in [1.82, 2.24) is 15.6 Å². The summed E-state index contributed by atoms with van der Waals surface area (Å²) in [4.78, 5) is 8.99. The molecule has 0 amide bonds. The molecule has 0 fully saturated rings. The first-order chi connectivity index (χ1) is 12.7. The molecule has 0 aliphatic carbocycles. The van der Waals surface area contributed by atoms with Crippen LogP contribution in [-0.2, 0) is 17.8 Å². The van der Waals surface area contributed by atoms with Crippen molar-refractivity contribution < 1.29 is 9.47 Å². The fourth-order valence-corrected chi connectivity index (χ4v) is 2.34. The minimum Gasteiger partial charge on any atom is -0.491 e. The summed E-state index contributed by atoms with van der Waals surface area (Å²) in [6.07, 6.45) is 1.79. The predicted octanol–water partition coefficient (Wildman–Crippen LogP) is 3.29. The summed E-state index contributed by atoms with van der Waals surface area (Å²) in [5.74, 6) is 1.60. The molecule has 0 radical (unpaired) electrons. The second-order valence-electron chi connectivity index (χ2n) is 5.82. The summed E-state index contributed by atoms with van der Waals surface area (Å²) in [6, 6.07) is 12.0. The van der Waals surface area contributed by atoms with E-state index in [1.165, 1.54) is 0 Å². The largest absolute Gasteiger partial charge is 0.491 e. The molecule has 148 valence electrons. The first kappa shape index (κ1) is 23.2. The third-order valence-corrected chi connectivity index (χ3v) is 3.68. The molecule has 2 aromatic rings. The first-order valence-corrected chi connectivity index (χ1v) is 8.86. The Balaban J connectivity index is 0.00000364. The van der Waals surface area contributed by atoms with Crippen molar-refractivity contribution in [3.05, 3.63) is 59.4 Å². The minimum absolute atomic E-state index is 0. The van der Waals surface area contributed by atoms with Gasteiger partial charge in [-0.05, 0) is 37.6 Å². The Bertz CT molecular complexity index is 696. The summed E-state index contributed by atoms with van der Waals surface area (Å²) in [5.41, 5.74) is 3.17. The van der Waals surface area contributed by atoms with Gasteiger partial charge in [0.1, 0.15) is 12.4 Å². The Morgan fingerprint density at radius 1 is 1.15 bits per heavy atom. The van der Waals surface area contributed by atoms with Gasteiger partial charge in [0.05, 0.1) is 25.4 Å². The number of nitrogens with zero attached hydrogens (tertiary/aromatic N) is 2. The zero-order valence-corrected chi connectivity index (χ0v) is 18.5. The van der Waals surface area contributed by atoms with Crippen LogP contribution >= 0.6 is 24.0 Å². The Kier molecular flexibility index (Phi) is 11.4. The second-order valence-corrected chi connectivity index (χ2v) is 5.82. The van der Waals surface area contributed by atoms with E-state index >= 15 is 0 Å². The molecule has 1 aromatic carbocycles. The van der Waals surface area contributed by atoms with Crippen molar-refractivity contribution in [2.24, 2.45) is 4.99 Å². The Morgan fingerprint density at radius 3 is 2.70 bits per heavy atom. The molecule has 0 unspecified atom stereocenters. The van der Waals surface area contributed by atoms with Gasteiger partial charge in [-0.3, -0.25) is 4.98 Å². The summed E-state index contributed by atoms with van der Waals surface area (Å²) < 4.78 is 10.9. The van der Waals surface area contributed by atoms with E-state index in [-0.39, 0.29) is 24.0 Å². The molecule has 2 N–H and O–H groups in total. The van der Waals surface area contributed by atoms with Crippen molar-refractivity contribution in [3.8, 4) is 5.75 Å². The van der Waals surface area contributed by atoms with Gasteiger partial charge in [0, 0.05) is 25.4 Å². The maximum atomic E-state index is 5.83. The third kappa shape index (κ3) is 8.57. The van der Waals surface area contributed by atoms with Gasteiger partial charge < -0.3 is 20.1 Å². The molecule has 0 aliphatic rings. The van der Waals surface area contributed by atoms with Crippen LogP contribution in [-0.4, -0.2) is 37.8 Å². The van der Waals surface area contributed by atoms with Gasteiger partial charge in [-0.1, -0.05) is 18.2 Å². The number of nitrogens with one attached hydrogen (secondary N) is 2. The summed E-state index contributed by atoms with van der Waals surface area (Å²) >= 11 is 0. The van der Waals surface area contributed by atoms with Gasteiger partial charge in [0.2, 0.25) is 0 Å².